The molecule has 26 heavy (non-hydrogen) atoms. The van der Waals surface area contributed by atoms with Crippen molar-refractivity contribution in [1.82, 2.24) is 4.90 Å². The molecule has 1 aliphatic rings. The van der Waals surface area contributed by atoms with Crippen LogP contribution >= 0.6 is 0 Å². The summed E-state index contributed by atoms with van der Waals surface area (Å²) in [7, 11) is 0. The number of esters is 1. The van der Waals surface area contributed by atoms with Crippen molar-refractivity contribution in [2.45, 2.75) is 70.2 Å². The van der Waals surface area contributed by atoms with Gasteiger partial charge in [-0.3, -0.25) is 4.79 Å². The molecule has 0 spiro atoms. The minimum atomic E-state index is -2.10. The number of piperidine rings is 1. The second kappa shape index (κ2) is 8.18. The third-order valence-electron chi connectivity index (χ3n) is 4.52. The Morgan fingerprint density at radius 3 is 2.58 bits per heavy atom. The fourth-order valence-corrected chi connectivity index (χ4v) is 3.19. The van der Waals surface area contributed by atoms with E-state index in [2.05, 4.69) is 0 Å². The summed E-state index contributed by atoms with van der Waals surface area (Å²) in [6.07, 6.45) is 2.75. The van der Waals surface area contributed by atoms with Gasteiger partial charge in [0, 0.05) is 13.0 Å². The smallest absolute Gasteiger partial charge is 0.362 e. The van der Waals surface area contributed by atoms with Gasteiger partial charge < -0.3 is 20.5 Å². The third kappa shape index (κ3) is 4.83. The van der Waals surface area contributed by atoms with Crippen molar-refractivity contribution >= 4 is 11.9 Å². The maximum absolute atomic E-state index is 12.7. The summed E-state index contributed by atoms with van der Waals surface area (Å²) in [5.41, 5.74) is 4.31. The zero-order valence-corrected chi connectivity index (χ0v) is 15.9. The van der Waals surface area contributed by atoms with Crippen LogP contribution < -0.4 is 5.73 Å². The molecule has 3 N–H and O–H groups in total. The van der Waals surface area contributed by atoms with E-state index < -0.39 is 23.3 Å². The molecule has 1 aromatic carbocycles. The van der Waals surface area contributed by atoms with Crippen LogP contribution in [0.1, 0.15) is 52.0 Å². The minimum Gasteiger partial charge on any atom is -0.456 e. The van der Waals surface area contributed by atoms with Crippen LogP contribution in [0.15, 0.2) is 30.3 Å². The summed E-state index contributed by atoms with van der Waals surface area (Å²) >= 11 is 0. The van der Waals surface area contributed by atoms with Gasteiger partial charge in [0.1, 0.15) is 5.60 Å². The second-order valence-corrected chi connectivity index (χ2v) is 7.86. The molecule has 0 bridgehead atoms. The van der Waals surface area contributed by atoms with Crippen LogP contribution in [0.5, 0.6) is 0 Å². The number of benzene rings is 1. The van der Waals surface area contributed by atoms with Gasteiger partial charge >= 0.3 is 5.97 Å². The van der Waals surface area contributed by atoms with Gasteiger partial charge in [-0.25, -0.2) is 4.79 Å². The van der Waals surface area contributed by atoms with E-state index in [0.29, 0.717) is 25.8 Å². The number of aryl methyl sites for hydroxylation is 1. The molecular weight excluding hydrogens is 332 g/mol. The molecule has 0 aromatic heterocycles. The lowest BCUT2D eigenvalue weighted by atomic mass is 9.92. The molecule has 2 atom stereocenters. The summed E-state index contributed by atoms with van der Waals surface area (Å²) < 4.78 is 5.34. The monoisotopic (exact) mass is 362 g/mol. The maximum atomic E-state index is 12.7. The van der Waals surface area contributed by atoms with Crippen LogP contribution in [0, 0.1) is 0 Å². The van der Waals surface area contributed by atoms with Crippen molar-refractivity contribution in [3.8, 4) is 0 Å². The molecule has 1 heterocycles. The Labute approximate surface area is 155 Å². The number of carbonyl (C=O) groups is 2. The number of hydrogen-bond donors (Lipinski definition) is 2. The molecule has 144 valence electrons. The first-order valence-electron chi connectivity index (χ1n) is 9.20. The van der Waals surface area contributed by atoms with E-state index in [1.54, 1.807) is 20.8 Å². The highest BCUT2D eigenvalue weighted by Gasteiger charge is 2.53. The van der Waals surface area contributed by atoms with Gasteiger partial charge in [0.25, 0.3) is 5.72 Å². The fourth-order valence-electron chi connectivity index (χ4n) is 3.19. The van der Waals surface area contributed by atoms with Crippen LogP contribution in [0.4, 0.5) is 0 Å². The van der Waals surface area contributed by atoms with Gasteiger partial charge in [-0.15, -0.1) is 0 Å². The standard InChI is InChI=1S/C20H30N2O4/c1-19(2,3)26-18(24)20(25)16(21)12-8-14-22(20)17(23)13-7-11-15-9-5-4-6-10-15/h4-6,9-10,16,25H,7-8,11-14,21H2,1-3H3/t16?,20-/m1/s1. The zero-order valence-electron chi connectivity index (χ0n) is 15.9. The molecule has 1 amide bonds. The van der Waals surface area contributed by atoms with Crippen molar-refractivity contribution in [2.24, 2.45) is 5.73 Å². The summed E-state index contributed by atoms with van der Waals surface area (Å²) in [6.45, 7) is 5.45. The zero-order chi connectivity index (χ0) is 19.4. The lowest BCUT2D eigenvalue weighted by molar-refractivity contribution is -0.212. The molecule has 2 rings (SSSR count). The van der Waals surface area contributed by atoms with Gasteiger partial charge in [-0.05, 0) is 52.0 Å². The second-order valence-electron chi connectivity index (χ2n) is 7.86. The Hall–Kier alpha value is -1.92. The highest BCUT2D eigenvalue weighted by molar-refractivity contribution is 5.88. The van der Waals surface area contributed by atoms with Gasteiger partial charge in [0.15, 0.2) is 0 Å². The van der Waals surface area contributed by atoms with Gasteiger partial charge in [-0.2, -0.15) is 0 Å². The normalized spacial score (nSPS) is 23.6. The molecule has 0 radical (unpaired) electrons. The van der Waals surface area contributed by atoms with E-state index >= 15 is 0 Å². The SMILES string of the molecule is CC(C)(C)OC(=O)[C@]1(O)C(N)CCCN1C(=O)CCCc1ccccc1. The summed E-state index contributed by atoms with van der Waals surface area (Å²) in [4.78, 5) is 26.5. The Bertz CT molecular complexity index is 626. The first-order valence-corrected chi connectivity index (χ1v) is 9.20. The van der Waals surface area contributed by atoms with Crippen LogP contribution in [0.3, 0.4) is 0 Å². The average molecular weight is 362 g/mol. The molecule has 1 fully saturated rings. The largest absolute Gasteiger partial charge is 0.456 e. The van der Waals surface area contributed by atoms with Crippen molar-refractivity contribution in [3.05, 3.63) is 35.9 Å². The minimum absolute atomic E-state index is 0.243. The van der Waals surface area contributed by atoms with Crippen molar-refractivity contribution in [1.29, 1.82) is 0 Å². The fraction of sp³-hybridized carbons (Fsp3) is 0.600. The number of nitrogens with zero attached hydrogens (tertiary/aromatic N) is 1. The van der Waals surface area contributed by atoms with E-state index in [9.17, 15) is 14.7 Å². The topological polar surface area (TPSA) is 92.9 Å². The Kier molecular flexibility index (Phi) is 6.42. The Balaban J connectivity index is 2.05. The maximum Gasteiger partial charge on any atom is 0.362 e. The van der Waals surface area contributed by atoms with Gasteiger partial charge in [0.2, 0.25) is 5.91 Å². The van der Waals surface area contributed by atoms with E-state index in [-0.39, 0.29) is 12.3 Å². The Morgan fingerprint density at radius 1 is 1.31 bits per heavy atom. The molecule has 6 nitrogen and oxygen atoms in total. The quantitative estimate of drug-likeness (QED) is 0.782. The highest BCUT2D eigenvalue weighted by atomic mass is 16.6. The van der Waals surface area contributed by atoms with Crippen LogP contribution in [-0.4, -0.2) is 45.8 Å². The molecule has 1 aliphatic heterocycles. The molecule has 0 aliphatic carbocycles. The summed E-state index contributed by atoms with van der Waals surface area (Å²) in [5.74, 6) is -1.13. The van der Waals surface area contributed by atoms with Crippen LogP contribution in [-0.2, 0) is 20.7 Å². The van der Waals surface area contributed by atoms with E-state index in [4.69, 9.17) is 10.5 Å². The van der Waals surface area contributed by atoms with Crippen molar-refractivity contribution in [2.75, 3.05) is 6.54 Å². The van der Waals surface area contributed by atoms with E-state index in [1.807, 2.05) is 30.3 Å². The molecule has 0 saturated carbocycles. The number of nitrogens with two attached hydrogens (primary N) is 1. The summed E-state index contributed by atoms with van der Waals surface area (Å²) in [6, 6.07) is 9.04. The average Bonchev–Trinajstić information content (AvgIpc) is 2.56. The van der Waals surface area contributed by atoms with Crippen LogP contribution in [0.25, 0.3) is 0 Å². The molecule has 1 saturated heterocycles. The number of ether oxygens (including phenoxy) is 1. The molecule has 6 heteroatoms. The van der Waals surface area contributed by atoms with E-state index in [0.717, 1.165) is 12.0 Å². The molecular formula is C20H30N2O4. The van der Waals surface area contributed by atoms with Crippen molar-refractivity contribution in [3.63, 3.8) is 0 Å². The lowest BCUT2D eigenvalue weighted by Crippen LogP contribution is -2.69. The summed E-state index contributed by atoms with van der Waals surface area (Å²) in [5, 5.41) is 11.0. The van der Waals surface area contributed by atoms with Gasteiger partial charge in [0.05, 0.1) is 6.04 Å². The number of hydrogen-bond acceptors (Lipinski definition) is 5. The number of aliphatic hydroxyl groups is 1. The van der Waals surface area contributed by atoms with Crippen LogP contribution in [0.2, 0.25) is 0 Å². The van der Waals surface area contributed by atoms with Gasteiger partial charge in [-0.1, -0.05) is 30.3 Å². The number of rotatable bonds is 5. The first-order chi connectivity index (χ1) is 12.1. The molecule has 1 aromatic rings. The number of amides is 1. The third-order valence-corrected chi connectivity index (χ3v) is 4.52. The Morgan fingerprint density at radius 2 is 1.96 bits per heavy atom. The van der Waals surface area contributed by atoms with Crippen molar-refractivity contribution < 1.29 is 19.4 Å². The lowest BCUT2D eigenvalue weighted by Gasteiger charge is -2.45. The number of likely N-dealkylation sites (tertiary alicyclic amines) is 1. The predicted octanol–water partition coefficient (Wildman–Crippen LogP) is 1.99. The molecule has 1 unspecified atom stereocenters. The number of carbonyl (C=O) groups excluding carboxylic acids is 2. The highest BCUT2D eigenvalue weighted by Crippen LogP contribution is 2.29. The van der Waals surface area contributed by atoms with E-state index in [1.165, 1.54) is 4.90 Å². The first kappa shape index (κ1) is 20.4. The predicted molar refractivity (Wildman–Crippen MR) is 99.1 cm³/mol.